The van der Waals surface area contributed by atoms with Crippen molar-refractivity contribution in [3.05, 3.63) is 58.7 Å². The van der Waals surface area contributed by atoms with Crippen molar-refractivity contribution in [1.82, 2.24) is 4.57 Å². The number of rotatable bonds is 2. The van der Waals surface area contributed by atoms with Crippen LogP contribution in [-0.4, -0.2) is 24.6 Å². The van der Waals surface area contributed by atoms with Crippen LogP contribution in [0.5, 0.6) is 5.75 Å². The third-order valence-corrected chi connectivity index (χ3v) is 5.19. The normalized spacial score (nSPS) is 17.1. The summed E-state index contributed by atoms with van der Waals surface area (Å²) >= 11 is 0. The molecule has 4 nitrogen and oxygen atoms in total. The fourth-order valence-electron chi connectivity index (χ4n) is 4.28. The maximum absolute atomic E-state index is 12.8. The number of aryl methyl sites for hydroxylation is 1. The summed E-state index contributed by atoms with van der Waals surface area (Å²) in [5.74, 6) is 0.820. The Bertz CT molecular complexity index is 1100. The zero-order chi connectivity index (χ0) is 17.3. The van der Waals surface area contributed by atoms with Gasteiger partial charge < -0.3 is 14.0 Å². The summed E-state index contributed by atoms with van der Waals surface area (Å²) < 4.78 is 13.6. The number of carbonyl (C=O) groups is 1. The minimum Gasteiger partial charge on any atom is -0.496 e. The van der Waals surface area contributed by atoms with Crippen LogP contribution in [0.2, 0.25) is 0 Å². The molecule has 0 N–H and O–H groups in total. The number of carbonyl (C=O) groups excluding carboxylic acids is 1. The van der Waals surface area contributed by atoms with Crippen LogP contribution >= 0.6 is 0 Å². The van der Waals surface area contributed by atoms with Crippen molar-refractivity contribution in [2.24, 2.45) is 0 Å². The van der Waals surface area contributed by atoms with Crippen molar-refractivity contribution in [3.8, 4) is 17.0 Å². The van der Waals surface area contributed by atoms with Gasteiger partial charge in [0, 0.05) is 18.1 Å². The Morgan fingerprint density at radius 1 is 1.12 bits per heavy atom. The van der Waals surface area contributed by atoms with Crippen LogP contribution in [-0.2, 0) is 4.74 Å². The van der Waals surface area contributed by atoms with Gasteiger partial charge in [-0.2, -0.15) is 0 Å². The molecule has 2 aliphatic rings. The number of ether oxygens (including phenoxy) is 2. The van der Waals surface area contributed by atoms with Gasteiger partial charge >= 0.3 is 0 Å². The molecule has 1 aliphatic carbocycles. The van der Waals surface area contributed by atoms with E-state index in [4.69, 9.17) is 9.47 Å². The predicted octanol–water partition coefficient (Wildman–Crippen LogP) is 4.34. The number of hydrogen-bond donors (Lipinski definition) is 0. The minimum absolute atomic E-state index is 0.0422. The molecule has 5 rings (SSSR count). The molecule has 0 unspecified atom stereocenters. The molecular formula is C21H17NO3. The smallest absolute Gasteiger partial charge is 0.188 e. The van der Waals surface area contributed by atoms with Gasteiger partial charge in [-0.05, 0) is 36.3 Å². The number of fused-ring (bicyclic) bond motifs is 5. The molecule has 4 heteroatoms. The molecule has 0 saturated heterocycles. The molecule has 3 aromatic rings. The maximum Gasteiger partial charge on any atom is 0.188 e. The summed E-state index contributed by atoms with van der Waals surface area (Å²) in [5.41, 5.74) is 6.95. The SMILES string of the molecule is COc1cccc2c1[C@H](OC)n1c-2c2c3c(cc(C)cc31)C=CC2=O. The number of hydrogen-bond acceptors (Lipinski definition) is 3. The first-order chi connectivity index (χ1) is 12.2. The molecule has 0 amide bonds. The Labute approximate surface area is 145 Å². The lowest BCUT2D eigenvalue weighted by Crippen LogP contribution is -2.09. The highest BCUT2D eigenvalue weighted by Crippen LogP contribution is 2.51. The zero-order valence-electron chi connectivity index (χ0n) is 14.3. The zero-order valence-corrected chi connectivity index (χ0v) is 14.3. The number of allylic oxidation sites excluding steroid dienone is 1. The Hall–Kier alpha value is -2.85. The van der Waals surface area contributed by atoms with E-state index in [0.717, 1.165) is 50.2 Å². The van der Waals surface area contributed by atoms with Gasteiger partial charge in [-0.25, -0.2) is 0 Å². The van der Waals surface area contributed by atoms with Gasteiger partial charge in [-0.15, -0.1) is 0 Å². The molecule has 2 aromatic carbocycles. The summed E-state index contributed by atoms with van der Waals surface area (Å²) in [4.78, 5) is 12.8. The number of nitrogens with zero attached hydrogens (tertiary/aromatic N) is 1. The Kier molecular flexibility index (Phi) is 2.80. The van der Waals surface area contributed by atoms with Crippen LogP contribution in [0.1, 0.15) is 33.3 Å². The lowest BCUT2D eigenvalue weighted by molar-refractivity contribution is 0.0864. The molecular weight excluding hydrogens is 314 g/mol. The first kappa shape index (κ1) is 14.5. The maximum atomic E-state index is 12.8. The van der Waals surface area contributed by atoms with E-state index in [9.17, 15) is 4.79 Å². The molecule has 25 heavy (non-hydrogen) atoms. The van der Waals surface area contributed by atoms with Crippen LogP contribution in [0, 0.1) is 6.92 Å². The number of aromatic nitrogens is 1. The van der Waals surface area contributed by atoms with Crippen LogP contribution < -0.4 is 4.74 Å². The summed E-state index contributed by atoms with van der Waals surface area (Å²) in [6.45, 7) is 2.07. The largest absolute Gasteiger partial charge is 0.496 e. The highest BCUT2D eigenvalue weighted by atomic mass is 16.5. The molecule has 1 aromatic heterocycles. The minimum atomic E-state index is -0.307. The number of benzene rings is 2. The van der Waals surface area contributed by atoms with Crippen molar-refractivity contribution in [2.45, 2.75) is 13.2 Å². The fourth-order valence-corrected chi connectivity index (χ4v) is 4.28. The number of methoxy groups -OCH3 is 2. The molecule has 124 valence electrons. The Balaban J connectivity index is 1.99. The van der Waals surface area contributed by atoms with Crippen LogP contribution in [0.4, 0.5) is 0 Å². The summed E-state index contributed by atoms with van der Waals surface area (Å²) in [6.07, 6.45) is 3.27. The topological polar surface area (TPSA) is 40.5 Å². The summed E-state index contributed by atoms with van der Waals surface area (Å²) in [5, 5.41) is 1.02. The van der Waals surface area contributed by atoms with Crippen molar-refractivity contribution in [2.75, 3.05) is 14.2 Å². The van der Waals surface area contributed by atoms with E-state index in [-0.39, 0.29) is 12.0 Å². The van der Waals surface area contributed by atoms with Crippen molar-refractivity contribution >= 4 is 22.8 Å². The Morgan fingerprint density at radius 2 is 1.96 bits per heavy atom. The van der Waals surface area contributed by atoms with Crippen LogP contribution in [0.15, 0.2) is 36.4 Å². The average Bonchev–Trinajstić information content (AvgIpc) is 3.12. The molecule has 0 radical (unpaired) electrons. The summed E-state index contributed by atoms with van der Waals surface area (Å²) in [7, 11) is 3.35. The van der Waals surface area contributed by atoms with E-state index >= 15 is 0 Å². The third kappa shape index (κ3) is 1.67. The molecule has 0 fully saturated rings. The van der Waals surface area contributed by atoms with E-state index in [1.165, 1.54) is 0 Å². The van der Waals surface area contributed by atoms with Crippen molar-refractivity contribution < 1.29 is 14.3 Å². The van der Waals surface area contributed by atoms with Gasteiger partial charge in [0.05, 0.1) is 29.4 Å². The van der Waals surface area contributed by atoms with E-state index in [0.29, 0.717) is 0 Å². The lowest BCUT2D eigenvalue weighted by atomic mass is 9.92. The first-order valence-corrected chi connectivity index (χ1v) is 8.26. The second kappa shape index (κ2) is 4.83. The second-order valence-corrected chi connectivity index (χ2v) is 6.55. The second-order valence-electron chi connectivity index (χ2n) is 6.55. The van der Waals surface area contributed by atoms with E-state index < -0.39 is 0 Å². The standard InChI is InChI=1S/C21H17NO3/c1-11-9-12-7-8-15(23)19-17(12)14(10-11)22-20(19)13-5-4-6-16(24-2)18(13)21(22)25-3/h4-10,21H,1-3H3/t21-/m0/s1. The molecule has 1 atom stereocenters. The summed E-state index contributed by atoms with van der Waals surface area (Å²) in [6, 6.07) is 10.2. The fraction of sp³-hybridized carbons (Fsp3) is 0.190. The highest BCUT2D eigenvalue weighted by molar-refractivity contribution is 6.24. The van der Waals surface area contributed by atoms with Crippen molar-refractivity contribution in [3.63, 3.8) is 0 Å². The van der Waals surface area contributed by atoms with E-state index in [2.05, 4.69) is 23.6 Å². The van der Waals surface area contributed by atoms with E-state index in [1.54, 1.807) is 20.3 Å². The van der Waals surface area contributed by atoms with E-state index in [1.807, 2.05) is 24.3 Å². The lowest BCUT2D eigenvalue weighted by Gasteiger charge is -2.17. The number of ketones is 1. The molecule has 1 aliphatic heterocycles. The Morgan fingerprint density at radius 3 is 2.72 bits per heavy atom. The van der Waals surface area contributed by atoms with Gasteiger partial charge in [0.2, 0.25) is 0 Å². The van der Waals surface area contributed by atoms with Gasteiger partial charge in [-0.3, -0.25) is 4.79 Å². The predicted molar refractivity (Wildman–Crippen MR) is 97.2 cm³/mol. The molecule has 0 spiro atoms. The van der Waals surface area contributed by atoms with Crippen LogP contribution in [0.25, 0.3) is 28.2 Å². The van der Waals surface area contributed by atoms with Crippen LogP contribution in [0.3, 0.4) is 0 Å². The quantitative estimate of drug-likeness (QED) is 0.701. The third-order valence-electron chi connectivity index (χ3n) is 5.19. The van der Waals surface area contributed by atoms with Crippen molar-refractivity contribution in [1.29, 1.82) is 0 Å². The monoisotopic (exact) mass is 331 g/mol. The van der Waals surface area contributed by atoms with Gasteiger partial charge in [0.1, 0.15) is 5.75 Å². The molecule has 0 bridgehead atoms. The average molecular weight is 331 g/mol. The molecule has 0 saturated carbocycles. The molecule has 2 heterocycles. The van der Waals surface area contributed by atoms with Gasteiger partial charge in [0.15, 0.2) is 12.0 Å². The highest BCUT2D eigenvalue weighted by Gasteiger charge is 2.38. The van der Waals surface area contributed by atoms with Gasteiger partial charge in [0.25, 0.3) is 0 Å². The first-order valence-electron chi connectivity index (χ1n) is 8.26. The van der Waals surface area contributed by atoms with Gasteiger partial charge in [-0.1, -0.05) is 24.3 Å².